The molecule has 3 nitrogen and oxygen atoms in total. The molecule has 0 aromatic heterocycles. The summed E-state index contributed by atoms with van der Waals surface area (Å²) in [5.74, 6) is 0. The van der Waals surface area contributed by atoms with Gasteiger partial charge in [0.05, 0.1) is 0 Å². The molecule has 1 aliphatic rings. The summed E-state index contributed by atoms with van der Waals surface area (Å²) in [6.07, 6.45) is 2.49. The maximum Gasteiger partial charge on any atom is 0.0415 e. The molecule has 0 spiro atoms. The van der Waals surface area contributed by atoms with E-state index >= 15 is 0 Å². The molecule has 1 atom stereocenters. The summed E-state index contributed by atoms with van der Waals surface area (Å²) in [5.41, 5.74) is 2.72. The Labute approximate surface area is 131 Å². The van der Waals surface area contributed by atoms with E-state index in [1.807, 2.05) is 7.05 Å². The Morgan fingerprint density at radius 2 is 2.00 bits per heavy atom. The first-order valence-corrected chi connectivity index (χ1v) is 8.20. The van der Waals surface area contributed by atoms with Gasteiger partial charge in [-0.1, -0.05) is 15.9 Å². The minimum Gasteiger partial charge on any atom is -0.371 e. The van der Waals surface area contributed by atoms with Crippen LogP contribution in [-0.4, -0.2) is 45.2 Å². The number of rotatable bonds is 4. The topological polar surface area (TPSA) is 18.5 Å². The summed E-state index contributed by atoms with van der Waals surface area (Å²) in [4.78, 5) is 4.89. The van der Waals surface area contributed by atoms with Crippen molar-refractivity contribution in [3.8, 4) is 0 Å². The van der Waals surface area contributed by atoms with Crippen LogP contribution in [0.4, 0.5) is 5.69 Å². The first-order valence-electron chi connectivity index (χ1n) is 7.41. The van der Waals surface area contributed by atoms with Crippen LogP contribution < -0.4 is 10.2 Å². The largest absolute Gasteiger partial charge is 0.371 e. The fourth-order valence-corrected chi connectivity index (χ4v) is 3.31. The van der Waals surface area contributed by atoms with Gasteiger partial charge in [0, 0.05) is 29.3 Å². The van der Waals surface area contributed by atoms with Crippen molar-refractivity contribution in [3.63, 3.8) is 0 Å². The number of hydrogen-bond donors (Lipinski definition) is 1. The molecule has 0 amide bonds. The fraction of sp³-hybridized carbons (Fsp3) is 0.625. The molecule has 1 aromatic carbocycles. The van der Waals surface area contributed by atoms with Gasteiger partial charge in [-0.15, -0.1) is 0 Å². The summed E-state index contributed by atoms with van der Waals surface area (Å²) in [7, 11) is 6.47. The second-order valence-corrected chi connectivity index (χ2v) is 6.77. The van der Waals surface area contributed by atoms with Gasteiger partial charge < -0.3 is 15.1 Å². The summed E-state index contributed by atoms with van der Waals surface area (Å²) in [5, 5.41) is 3.36. The molecule has 112 valence electrons. The van der Waals surface area contributed by atoms with Crippen LogP contribution >= 0.6 is 15.9 Å². The van der Waals surface area contributed by atoms with E-state index < -0.39 is 0 Å². The highest BCUT2D eigenvalue weighted by Gasteiger charge is 2.23. The quantitative estimate of drug-likeness (QED) is 0.908. The Balaban J connectivity index is 2.22. The van der Waals surface area contributed by atoms with Crippen LogP contribution in [0, 0.1) is 0 Å². The highest BCUT2D eigenvalue weighted by Crippen LogP contribution is 2.31. The van der Waals surface area contributed by atoms with E-state index in [2.05, 4.69) is 70.3 Å². The third kappa shape index (κ3) is 3.54. The van der Waals surface area contributed by atoms with Crippen molar-refractivity contribution in [2.24, 2.45) is 0 Å². The molecule has 0 radical (unpaired) electrons. The van der Waals surface area contributed by atoms with Crippen LogP contribution in [0.3, 0.4) is 0 Å². The van der Waals surface area contributed by atoms with Crippen LogP contribution in [-0.2, 0) is 0 Å². The molecule has 1 saturated heterocycles. The number of likely N-dealkylation sites (tertiary alicyclic amines) is 1. The van der Waals surface area contributed by atoms with Gasteiger partial charge in [0.15, 0.2) is 0 Å². The Morgan fingerprint density at radius 3 is 2.60 bits per heavy atom. The zero-order chi connectivity index (χ0) is 14.7. The first-order chi connectivity index (χ1) is 9.52. The van der Waals surface area contributed by atoms with E-state index in [0.717, 1.165) is 4.47 Å². The molecule has 1 fully saturated rings. The average Bonchev–Trinajstić information content (AvgIpc) is 2.46. The van der Waals surface area contributed by atoms with Crippen LogP contribution in [0.2, 0.25) is 0 Å². The molecule has 1 aromatic rings. The molecule has 2 rings (SSSR count). The molecule has 0 aliphatic carbocycles. The number of halogens is 1. The Bertz CT molecular complexity index is 441. The predicted octanol–water partition coefficient (Wildman–Crippen LogP) is 3.26. The molecular formula is C16H26BrN3. The maximum atomic E-state index is 3.59. The lowest BCUT2D eigenvalue weighted by Gasteiger charge is -2.37. The van der Waals surface area contributed by atoms with Gasteiger partial charge in [0.25, 0.3) is 0 Å². The zero-order valence-electron chi connectivity index (χ0n) is 13.0. The standard InChI is InChI=1S/C16H26BrN3/c1-12(18-2)15-11-13(17)5-6-16(15)20(4)14-7-9-19(3)10-8-14/h5-6,11-12,14,18H,7-10H2,1-4H3. The summed E-state index contributed by atoms with van der Waals surface area (Å²) < 4.78 is 1.15. The SMILES string of the molecule is CNC(C)c1cc(Br)ccc1N(C)C1CCN(C)CC1. The first kappa shape index (κ1) is 15.8. The Hall–Kier alpha value is -0.580. The van der Waals surface area contributed by atoms with Gasteiger partial charge in [0.2, 0.25) is 0 Å². The minimum atomic E-state index is 0.358. The normalized spacial score (nSPS) is 19.1. The third-order valence-electron chi connectivity index (χ3n) is 4.50. The Morgan fingerprint density at radius 1 is 1.35 bits per heavy atom. The highest BCUT2D eigenvalue weighted by atomic mass is 79.9. The number of nitrogens with one attached hydrogen (secondary N) is 1. The number of hydrogen-bond acceptors (Lipinski definition) is 3. The average molecular weight is 340 g/mol. The van der Waals surface area contributed by atoms with Gasteiger partial charge in [-0.05, 0) is 70.7 Å². The van der Waals surface area contributed by atoms with Gasteiger partial charge in [-0.3, -0.25) is 0 Å². The van der Waals surface area contributed by atoms with E-state index in [1.165, 1.54) is 37.2 Å². The molecule has 0 bridgehead atoms. The smallest absolute Gasteiger partial charge is 0.0415 e. The van der Waals surface area contributed by atoms with Crippen molar-refractivity contribution < 1.29 is 0 Å². The lowest BCUT2D eigenvalue weighted by molar-refractivity contribution is 0.252. The summed E-state index contributed by atoms with van der Waals surface area (Å²) >= 11 is 3.59. The molecule has 0 saturated carbocycles. The van der Waals surface area contributed by atoms with Crippen molar-refractivity contribution >= 4 is 21.6 Å². The number of nitrogens with zero attached hydrogens (tertiary/aromatic N) is 2. The summed E-state index contributed by atoms with van der Waals surface area (Å²) in [6, 6.07) is 7.63. The van der Waals surface area contributed by atoms with Gasteiger partial charge in [-0.2, -0.15) is 0 Å². The van der Waals surface area contributed by atoms with Gasteiger partial charge >= 0.3 is 0 Å². The number of benzene rings is 1. The molecule has 1 N–H and O–H groups in total. The lowest BCUT2D eigenvalue weighted by Crippen LogP contribution is -2.42. The zero-order valence-corrected chi connectivity index (χ0v) is 14.6. The molecular weight excluding hydrogens is 314 g/mol. The number of piperidine rings is 1. The third-order valence-corrected chi connectivity index (χ3v) is 5.00. The van der Waals surface area contributed by atoms with Crippen molar-refractivity contribution in [2.75, 3.05) is 39.1 Å². The summed E-state index contributed by atoms with van der Waals surface area (Å²) in [6.45, 7) is 4.61. The van der Waals surface area contributed by atoms with E-state index in [1.54, 1.807) is 0 Å². The van der Waals surface area contributed by atoms with Crippen molar-refractivity contribution in [1.29, 1.82) is 0 Å². The van der Waals surface area contributed by atoms with Crippen molar-refractivity contribution in [2.45, 2.75) is 31.8 Å². The second kappa shape index (κ2) is 6.92. The van der Waals surface area contributed by atoms with Crippen LogP contribution in [0.1, 0.15) is 31.4 Å². The monoisotopic (exact) mass is 339 g/mol. The van der Waals surface area contributed by atoms with Crippen LogP contribution in [0.5, 0.6) is 0 Å². The van der Waals surface area contributed by atoms with E-state index in [4.69, 9.17) is 0 Å². The van der Waals surface area contributed by atoms with Gasteiger partial charge in [-0.25, -0.2) is 0 Å². The van der Waals surface area contributed by atoms with Gasteiger partial charge in [0.1, 0.15) is 0 Å². The molecule has 1 aliphatic heterocycles. The molecule has 4 heteroatoms. The van der Waals surface area contributed by atoms with Crippen LogP contribution in [0.25, 0.3) is 0 Å². The Kier molecular flexibility index (Phi) is 5.47. The van der Waals surface area contributed by atoms with E-state index in [-0.39, 0.29) is 0 Å². The molecule has 20 heavy (non-hydrogen) atoms. The maximum absolute atomic E-state index is 3.59. The predicted molar refractivity (Wildman–Crippen MR) is 90.5 cm³/mol. The molecule has 1 unspecified atom stereocenters. The van der Waals surface area contributed by atoms with E-state index in [0.29, 0.717) is 12.1 Å². The number of anilines is 1. The second-order valence-electron chi connectivity index (χ2n) is 5.86. The van der Waals surface area contributed by atoms with Crippen LogP contribution in [0.15, 0.2) is 22.7 Å². The molecule has 1 heterocycles. The fourth-order valence-electron chi connectivity index (χ4n) is 2.93. The van der Waals surface area contributed by atoms with E-state index in [9.17, 15) is 0 Å². The highest BCUT2D eigenvalue weighted by molar-refractivity contribution is 9.10. The van der Waals surface area contributed by atoms with Crippen molar-refractivity contribution in [1.82, 2.24) is 10.2 Å². The minimum absolute atomic E-state index is 0.358. The van der Waals surface area contributed by atoms with Crippen molar-refractivity contribution in [3.05, 3.63) is 28.2 Å². The lowest BCUT2D eigenvalue weighted by atomic mass is 10.00.